The van der Waals surface area contributed by atoms with Gasteiger partial charge in [-0.15, -0.1) is 0 Å². The molecule has 0 saturated heterocycles. The van der Waals surface area contributed by atoms with Crippen molar-refractivity contribution in [3.63, 3.8) is 0 Å². The maximum absolute atomic E-state index is 6.63. The van der Waals surface area contributed by atoms with E-state index in [1.54, 1.807) is 0 Å². The Morgan fingerprint density at radius 3 is 2.16 bits per heavy atom. The molecule has 0 bridgehead atoms. The fraction of sp³-hybridized carbons (Fsp3) is 0.333. The van der Waals surface area contributed by atoms with Crippen LogP contribution >= 0.6 is 0 Å². The van der Waals surface area contributed by atoms with E-state index < -0.39 is 0 Å². The van der Waals surface area contributed by atoms with Gasteiger partial charge < -0.3 is 5.73 Å². The first kappa shape index (κ1) is 13.8. The fourth-order valence-electron chi connectivity index (χ4n) is 2.50. The number of benzene rings is 2. The van der Waals surface area contributed by atoms with Gasteiger partial charge in [-0.25, -0.2) is 0 Å². The molecule has 2 aromatic carbocycles. The summed E-state index contributed by atoms with van der Waals surface area (Å²) in [6.45, 7) is 4.34. The average Bonchev–Trinajstić information content (AvgIpc) is 2.42. The zero-order chi connectivity index (χ0) is 13.7. The quantitative estimate of drug-likeness (QED) is 0.859. The highest BCUT2D eigenvalue weighted by molar-refractivity contribution is 5.28. The largest absolute Gasteiger partial charge is 0.325 e. The van der Waals surface area contributed by atoms with E-state index in [-0.39, 0.29) is 5.54 Å². The lowest BCUT2D eigenvalue weighted by Gasteiger charge is -2.29. The maximum Gasteiger partial charge on any atom is 0.0233 e. The molecule has 0 radical (unpaired) electrons. The van der Waals surface area contributed by atoms with E-state index in [1.165, 1.54) is 16.7 Å². The molecule has 0 fully saturated rings. The number of hydrogen-bond donors (Lipinski definition) is 1. The molecule has 0 amide bonds. The molecule has 2 N–H and O–H groups in total. The topological polar surface area (TPSA) is 26.0 Å². The van der Waals surface area contributed by atoms with Crippen LogP contribution in [0.15, 0.2) is 54.6 Å². The van der Waals surface area contributed by atoms with Crippen molar-refractivity contribution in [3.05, 3.63) is 71.3 Å². The van der Waals surface area contributed by atoms with Crippen LogP contribution in [0.2, 0.25) is 0 Å². The average molecular weight is 253 g/mol. The third-order valence-corrected chi connectivity index (χ3v) is 3.91. The Balaban J connectivity index is 2.17. The first-order chi connectivity index (χ1) is 9.13. The van der Waals surface area contributed by atoms with Gasteiger partial charge in [0, 0.05) is 5.54 Å². The Hall–Kier alpha value is -1.60. The van der Waals surface area contributed by atoms with E-state index in [2.05, 4.69) is 68.4 Å². The van der Waals surface area contributed by atoms with Gasteiger partial charge in [0.15, 0.2) is 0 Å². The van der Waals surface area contributed by atoms with Crippen LogP contribution in [-0.2, 0) is 12.8 Å². The molecule has 0 saturated carbocycles. The molecule has 2 aromatic rings. The number of nitrogens with two attached hydrogens (primary N) is 1. The highest BCUT2D eigenvalue weighted by Crippen LogP contribution is 2.22. The van der Waals surface area contributed by atoms with Crippen molar-refractivity contribution < 1.29 is 0 Å². The standard InChI is InChI=1S/C18H23N/c1-3-18(19,13-16-10-5-4-6-11-16)14-17-12-8-7-9-15(17)2/h4-12H,3,13-14,19H2,1-2H3. The summed E-state index contributed by atoms with van der Waals surface area (Å²) < 4.78 is 0. The molecule has 1 unspecified atom stereocenters. The monoisotopic (exact) mass is 253 g/mol. The molecule has 100 valence electrons. The van der Waals surface area contributed by atoms with Crippen LogP contribution in [0.5, 0.6) is 0 Å². The van der Waals surface area contributed by atoms with Gasteiger partial charge in [-0.2, -0.15) is 0 Å². The molecule has 0 heterocycles. The minimum Gasteiger partial charge on any atom is -0.325 e. The van der Waals surface area contributed by atoms with Gasteiger partial charge in [0.05, 0.1) is 0 Å². The van der Waals surface area contributed by atoms with Crippen LogP contribution in [0.4, 0.5) is 0 Å². The SMILES string of the molecule is CCC(N)(Cc1ccccc1)Cc1ccccc1C. The molecule has 0 spiro atoms. The summed E-state index contributed by atoms with van der Waals surface area (Å²) >= 11 is 0. The van der Waals surface area contributed by atoms with Gasteiger partial charge in [0.2, 0.25) is 0 Å². The van der Waals surface area contributed by atoms with Crippen LogP contribution in [0.3, 0.4) is 0 Å². The molecular weight excluding hydrogens is 230 g/mol. The van der Waals surface area contributed by atoms with Gasteiger partial charge >= 0.3 is 0 Å². The van der Waals surface area contributed by atoms with Crippen molar-refractivity contribution in [1.29, 1.82) is 0 Å². The third kappa shape index (κ3) is 3.68. The van der Waals surface area contributed by atoms with E-state index in [4.69, 9.17) is 5.73 Å². The summed E-state index contributed by atoms with van der Waals surface area (Å²) in [5.74, 6) is 0. The Kier molecular flexibility index (Phi) is 4.39. The molecule has 2 rings (SSSR count). The highest BCUT2D eigenvalue weighted by Gasteiger charge is 2.24. The van der Waals surface area contributed by atoms with Crippen molar-refractivity contribution >= 4 is 0 Å². The van der Waals surface area contributed by atoms with Crippen LogP contribution in [-0.4, -0.2) is 5.54 Å². The zero-order valence-electron chi connectivity index (χ0n) is 11.9. The summed E-state index contributed by atoms with van der Waals surface area (Å²) in [5.41, 5.74) is 10.5. The lowest BCUT2D eigenvalue weighted by molar-refractivity contribution is 0.403. The Morgan fingerprint density at radius 1 is 0.895 bits per heavy atom. The van der Waals surface area contributed by atoms with Crippen molar-refractivity contribution in [2.24, 2.45) is 5.73 Å². The second kappa shape index (κ2) is 6.03. The molecule has 0 aliphatic carbocycles. The zero-order valence-corrected chi connectivity index (χ0v) is 11.9. The maximum atomic E-state index is 6.63. The molecule has 0 aliphatic heterocycles. The number of rotatable bonds is 5. The predicted octanol–water partition coefficient (Wildman–Crippen LogP) is 3.89. The molecule has 1 atom stereocenters. The van der Waals surface area contributed by atoms with Crippen LogP contribution in [0, 0.1) is 6.92 Å². The summed E-state index contributed by atoms with van der Waals surface area (Å²) in [4.78, 5) is 0. The summed E-state index contributed by atoms with van der Waals surface area (Å²) in [5, 5.41) is 0. The Labute approximate surface area is 116 Å². The molecule has 19 heavy (non-hydrogen) atoms. The van der Waals surface area contributed by atoms with E-state index >= 15 is 0 Å². The van der Waals surface area contributed by atoms with E-state index in [0.717, 1.165) is 19.3 Å². The minimum atomic E-state index is -0.159. The minimum absolute atomic E-state index is 0.159. The fourth-order valence-corrected chi connectivity index (χ4v) is 2.50. The molecule has 0 aromatic heterocycles. The number of aryl methyl sites for hydroxylation is 1. The molecule has 1 nitrogen and oxygen atoms in total. The lowest BCUT2D eigenvalue weighted by Crippen LogP contribution is -2.43. The predicted molar refractivity (Wildman–Crippen MR) is 82.2 cm³/mol. The second-order valence-electron chi connectivity index (χ2n) is 5.48. The highest BCUT2D eigenvalue weighted by atomic mass is 14.7. The van der Waals surface area contributed by atoms with Crippen LogP contribution in [0.25, 0.3) is 0 Å². The van der Waals surface area contributed by atoms with Crippen molar-refractivity contribution in [2.75, 3.05) is 0 Å². The summed E-state index contributed by atoms with van der Waals surface area (Å²) in [6.07, 6.45) is 2.85. The number of hydrogen-bond acceptors (Lipinski definition) is 1. The van der Waals surface area contributed by atoms with Gasteiger partial charge in [0.1, 0.15) is 0 Å². The third-order valence-electron chi connectivity index (χ3n) is 3.91. The second-order valence-corrected chi connectivity index (χ2v) is 5.48. The van der Waals surface area contributed by atoms with Crippen molar-refractivity contribution in [3.8, 4) is 0 Å². The molecule has 1 heteroatoms. The Morgan fingerprint density at radius 2 is 1.53 bits per heavy atom. The van der Waals surface area contributed by atoms with E-state index in [1.807, 2.05) is 0 Å². The first-order valence-electron chi connectivity index (χ1n) is 7.00. The van der Waals surface area contributed by atoms with Gasteiger partial charge in [-0.05, 0) is 42.9 Å². The van der Waals surface area contributed by atoms with Crippen LogP contribution in [0.1, 0.15) is 30.0 Å². The summed E-state index contributed by atoms with van der Waals surface area (Å²) in [7, 11) is 0. The van der Waals surface area contributed by atoms with E-state index in [9.17, 15) is 0 Å². The van der Waals surface area contributed by atoms with Crippen LogP contribution < -0.4 is 5.73 Å². The van der Waals surface area contributed by atoms with Gasteiger partial charge in [0.25, 0.3) is 0 Å². The molecule has 0 aliphatic rings. The normalized spacial score (nSPS) is 14.1. The van der Waals surface area contributed by atoms with Gasteiger partial charge in [-0.1, -0.05) is 61.5 Å². The van der Waals surface area contributed by atoms with Gasteiger partial charge in [-0.3, -0.25) is 0 Å². The Bertz CT molecular complexity index is 518. The van der Waals surface area contributed by atoms with Crippen molar-refractivity contribution in [2.45, 2.75) is 38.6 Å². The van der Waals surface area contributed by atoms with E-state index in [0.29, 0.717) is 0 Å². The first-order valence-corrected chi connectivity index (χ1v) is 7.00. The lowest BCUT2D eigenvalue weighted by atomic mass is 9.82. The molecular formula is C18H23N. The summed E-state index contributed by atoms with van der Waals surface area (Å²) in [6, 6.07) is 19.1. The smallest absolute Gasteiger partial charge is 0.0233 e. The van der Waals surface area contributed by atoms with Crippen molar-refractivity contribution in [1.82, 2.24) is 0 Å².